The number of hydrogen-bond donors (Lipinski definition) is 2. The van der Waals surface area contributed by atoms with Crippen molar-refractivity contribution >= 4 is 29.9 Å². The normalized spacial score (nSPS) is 11.0. The number of nitrogens with one attached hydrogen (secondary N) is 1. The van der Waals surface area contributed by atoms with Gasteiger partial charge in [-0.3, -0.25) is 0 Å². The molecule has 0 aliphatic heterocycles. The first-order valence-corrected chi connectivity index (χ1v) is 8.00. The Morgan fingerprint density at radius 2 is 2.04 bits per heavy atom. The summed E-state index contributed by atoms with van der Waals surface area (Å²) in [5.74, 6) is 1.26. The Morgan fingerprint density at radius 3 is 2.75 bits per heavy atom. The number of halogens is 1. The Bertz CT molecular complexity index is 484. The number of benzene rings is 1. The van der Waals surface area contributed by atoms with Crippen molar-refractivity contribution in [3.63, 3.8) is 0 Å². The zero-order valence-electron chi connectivity index (χ0n) is 14.8. The van der Waals surface area contributed by atoms with E-state index in [1.165, 1.54) is 0 Å². The third kappa shape index (κ3) is 9.94. The summed E-state index contributed by atoms with van der Waals surface area (Å²) in [7, 11) is 1.66. The Hall–Kier alpha value is -1.06. The summed E-state index contributed by atoms with van der Waals surface area (Å²) >= 11 is 0. The lowest BCUT2D eigenvalue weighted by Gasteiger charge is -2.11. The van der Waals surface area contributed by atoms with Crippen molar-refractivity contribution < 1.29 is 14.2 Å². The highest BCUT2D eigenvalue weighted by atomic mass is 127. The molecule has 1 rings (SSSR count). The maximum atomic E-state index is 5.88. The van der Waals surface area contributed by atoms with Gasteiger partial charge in [0.2, 0.25) is 0 Å². The molecule has 0 heterocycles. The van der Waals surface area contributed by atoms with Crippen molar-refractivity contribution in [2.24, 2.45) is 10.7 Å². The molecule has 0 bridgehead atoms. The fraction of sp³-hybridized carbons (Fsp3) is 0.588. The maximum absolute atomic E-state index is 5.88. The van der Waals surface area contributed by atoms with Crippen LogP contribution in [0.1, 0.15) is 24.5 Å². The van der Waals surface area contributed by atoms with Gasteiger partial charge in [0.15, 0.2) is 5.96 Å². The number of methoxy groups -OCH3 is 1. The molecule has 6 nitrogen and oxygen atoms in total. The van der Waals surface area contributed by atoms with Crippen molar-refractivity contribution in [2.75, 3.05) is 40.1 Å². The van der Waals surface area contributed by atoms with Gasteiger partial charge in [0.25, 0.3) is 0 Å². The van der Waals surface area contributed by atoms with Crippen LogP contribution in [0, 0.1) is 6.92 Å². The molecule has 3 N–H and O–H groups in total. The van der Waals surface area contributed by atoms with Crippen LogP contribution in [0.15, 0.2) is 23.2 Å². The second-order valence-electron chi connectivity index (χ2n) is 5.13. The van der Waals surface area contributed by atoms with Crippen LogP contribution in [-0.2, 0) is 16.0 Å². The van der Waals surface area contributed by atoms with E-state index in [4.69, 9.17) is 19.9 Å². The minimum atomic E-state index is 0. The van der Waals surface area contributed by atoms with Crippen LogP contribution in [0.5, 0.6) is 5.75 Å². The second kappa shape index (κ2) is 14.3. The Balaban J connectivity index is 0.00000529. The van der Waals surface area contributed by atoms with Gasteiger partial charge in [-0.15, -0.1) is 24.0 Å². The summed E-state index contributed by atoms with van der Waals surface area (Å²) in [5.41, 5.74) is 8.03. The number of rotatable bonds is 11. The highest BCUT2D eigenvalue weighted by Crippen LogP contribution is 2.21. The summed E-state index contributed by atoms with van der Waals surface area (Å²) in [4.78, 5) is 4.36. The zero-order valence-corrected chi connectivity index (χ0v) is 17.2. The van der Waals surface area contributed by atoms with Crippen LogP contribution in [0.3, 0.4) is 0 Å². The van der Waals surface area contributed by atoms with Crippen molar-refractivity contribution in [2.45, 2.75) is 26.8 Å². The Morgan fingerprint density at radius 1 is 1.25 bits per heavy atom. The molecule has 0 radical (unpaired) electrons. The van der Waals surface area contributed by atoms with E-state index < -0.39 is 0 Å². The van der Waals surface area contributed by atoms with Gasteiger partial charge < -0.3 is 25.3 Å². The number of aryl methyl sites for hydroxylation is 1. The van der Waals surface area contributed by atoms with E-state index in [1.807, 2.05) is 32.0 Å². The van der Waals surface area contributed by atoms with Gasteiger partial charge in [-0.25, -0.2) is 4.99 Å². The first-order chi connectivity index (χ1) is 11.2. The summed E-state index contributed by atoms with van der Waals surface area (Å²) in [6.45, 7) is 7.78. The molecule has 0 amide bonds. The standard InChI is InChI=1S/C17H29N3O3.HI/c1-4-22-9-5-8-19-17(18)20-13-15-7-6-14(2)12-16(15)23-11-10-21-3;/h6-7,12H,4-5,8-11,13H2,1-3H3,(H3,18,19,20);1H. The maximum Gasteiger partial charge on any atom is 0.188 e. The molecule has 0 saturated carbocycles. The summed E-state index contributed by atoms with van der Waals surface area (Å²) in [6.07, 6.45) is 0.903. The minimum absolute atomic E-state index is 0. The van der Waals surface area contributed by atoms with E-state index in [-0.39, 0.29) is 24.0 Å². The van der Waals surface area contributed by atoms with Crippen molar-refractivity contribution in [1.82, 2.24) is 5.32 Å². The van der Waals surface area contributed by atoms with Crippen molar-refractivity contribution in [3.8, 4) is 5.75 Å². The highest BCUT2D eigenvalue weighted by molar-refractivity contribution is 14.0. The third-order valence-corrected chi connectivity index (χ3v) is 3.16. The number of ether oxygens (including phenoxy) is 3. The number of aliphatic imine (C=N–C) groups is 1. The van der Waals surface area contributed by atoms with E-state index in [9.17, 15) is 0 Å². The molecule has 0 aliphatic rings. The molecule has 1 aromatic carbocycles. The lowest BCUT2D eigenvalue weighted by atomic mass is 10.1. The molecular weight excluding hydrogens is 421 g/mol. The second-order valence-corrected chi connectivity index (χ2v) is 5.13. The molecule has 1 aromatic rings. The van der Waals surface area contributed by atoms with Gasteiger partial charge >= 0.3 is 0 Å². The van der Waals surface area contributed by atoms with Crippen molar-refractivity contribution in [3.05, 3.63) is 29.3 Å². The van der Waals surface area contributed by atoms with Crippen LogP contribution in [0.4, 0.5) is 0 Å². The number of guanidine groups is 1. The summed E-state index contributed by atoms with van der Waals surface area (Å²) < 4.78 is 16.0. The Labute approximate surface area is 162 Å². The molecule has 0 fully saturated rings. The molecule has 7 heteroatoms. The van der Waals surface area contributed by atoms with Gasteiger partial charge in [-0.05, 0) is 31.9 Å². The first-order valence-electron chi connectivity index (χ1n) is 8.00. The van der Waals surface area contributed by atoms with E-state index in [0.717, 1.165) is 43.1 Å². The van der Waals surface area contributed by atoms with Gasteiger partial charge in [-0.2, -0.15) is 0 Å². The average molecular weight is 451 g/mol. The molecule has 0 saturated heterocycles. The summed E-state index contributed by atoms with van der Waals surface area (Å²) in [5, 5.41) is 3.08. The molecule has 24 heavy (non-hydrogen) atoms. The predicted molar refractivity (Wildman–Crippen MR) is 108 cm³/mol. The minimum Gasteiger partial charge on any atom is -0.491 e. The molecule has 0 aromatic heterocycles. The van der Waals surface area contributed by atoms with Crippen LogP contribution in [0.25, 0.3) is 0 Å². The molecular formula is C17H30IN3O3. The largest absolute Gasteiger partial charge is 0.491 e. The van der Waals surface area contributed by atoms with Gasteiger partial charge in [0.05, 0.1) is 13.2 Å². The van der Waals surface area contributed by atoms with Crippen LogP contribution in [0.2, 0.25) is 0 Å². The SMILES string of the molecule is CCOCCCNC(N)=NCc1ccc(C)cc1OCCOC.I. The van der Waals surface area contributed by atoms with E-state index in [0.29, 0.717) is 25.7 Å². The quantitative estimate of drug-likeness (QED) is 0.234. The number of hydrogen-bond acceptors (Lipinski definition) is 4. The first kappa shape index (κ1) is 22.9. The highest BCUT2D eigenvalue weighted by Gasteiger charge is 2.04. The fourth-order valence-corrected chi connectivity index (χ4v) is 1.92. The van der Waals surface area contributed by atoms with E-state index in [2.05, 4.69) is 10.3 Å². The van der Waals surface area contributed by atoms with E-state index >= 15 is 0 Å². The molecule has 0 atom stereocenters. The molecule has 138 valence electrons. The van der Waals surface area contributed by atoms with Gasteiger partial charge in [-0.1, -0.05) is 12.1 Å². The zero-order chi connectivity index (χ0) is 16.9. The lowest BCUT2D eigenvalue weighted by molar-refractivity contribution is 0.145. The Kier molecular flexibility index (Phi) is 13.7. The fourth-order valence-electron chi connectivity index (χ4n) is 1.92. The monoisotopic (exact) mass is 451 g/mol. The van der Waals surface area contributed by atoms with Crippen LogP contribution in [-0.4, -0.2) is 46.0 Å². The predicted octanol–water partition coefficient (Wildman–Crippen LogP) is 2.47. The average Bonchev–Trinajstić information content (AvgIpc) is 2.54. The molecule has 0 spiro atoms. The van der Waals surface area contributed by atoms with Crippen LogP contribution >= 0.6 is 24.0 Å². The number of nitrogens with zero attached hydrogens (tertiary/aromatic N) is 1. The lowest BCUT2D eigenvalue weighted by Crippen LogP contribution is -2.32. The molecule has 0 unspecified atom stereocenters. The van der Waals surface area contributed by atoms with Gasteiger partial charge in [0.1, 0.15) is 12.4 Å². The topological polar surface area (TPSA) is 78.1 Å². The molecule has 0 aliphatic carbocycles. The smallest absolute Gasteiger partial charge is 0.188 e. The number of nitrogens with two attached hydrogens (primary N) is 1. The van der Waals surface area contributed by atoms with Gasteiger partial charge in [0, 0.05) is 32.4 Å². The van der Waals surface area contributed by atoms with E-state index in [1.54, 1.807) is 7.11 Å². The van der Waals surface area contributed by atoms with Crippen LogP contribution < -0.4 is 15.8 Å². The summed E-state index contributed by atoms with van der Waals surface area (Å²) in [6, 6.07) is 6.06. The van der Waals surface area contributed by atoms with Crippen molar-refractivity contribution in [1.29, 1.82) is 0 Å². The third-order valence-electron chi connectivity index (χ3n) is 3.16.